The fourth-order valence-electron chi connectivity index (χ4n) is 3.50. The molecule has 3 aromatic rings. The molecule has 0 aliphatic carbocycles. The van der Waals surface area contributed by atoms with Crippen molar-refractivity contribution in [3.8, 4) is 0 Å². The number of nitrogens with zero attached hydrogens (tertiary/aromatic N) is 2. The molecule has 3 aromatic carbocycles. The lowest BCUT2D eigenvalue weighted by Crippen LogP contribution is -2.22. The van der Waals surface area contributed by atoms with Crippen LogP contribution < -0.4 is 15.5 Å². The summed E-state index contributed by atoms with van der Waals surface area (Å²) in [6, 6.07) is 20.8. The first kappa shape index (κ1) is 20.8. The van der Waals surface area contributed by atoms with Gasteiger partial charge in [-0.2, -0.15) is 0 Å². The van der Waals surface area contributed by atoms with Crippen molar-refractivity contribution in [2.24, 2.45) is 0 Å². The number of benzene rings is 3. The van der Waals surface area contributed by atoms with Crippen LogP contribution >= 0.6 is 0 Å². The topological polar surface area (TPSA) is 105 Å². The highest BCUT2D eigenvalue weighted by Gasteiger charge is 2.30. The van der Waals surface area contributed by atoms with E-state index in [4.69, 9.17) is 0 Å². The van der Waals surface area contributed by atoms with Crippen molar-refractivity contribution in [2.75, 3.05) is 22.6 Å². The summed E-state index contributed by atoms with van der Waals surface area (Å²) in [4.78, 5) is 36.9. The number of hydrogen-bond donors (Lipinski definition) is 2. The summed E-state index contributed by atoms with van der Waals surface area (Å²) < 4.78 is 0. The van der Waals surface area contributed by atoms with E-state index in [9.17, 15) is 19.7 Å². The van der Waals surface area contributed by atoms with Crippen molar-refractivity contribution in [1.29, 1.82) is 0 Å². The first-order valence-electron chi connectivity index (χ1n) is 9.86. The highest BCUT2D eigenvalue weighted by molar-refractivity contribution is 6.37. The van der Waals surface area contributed by atoms with E-state index in [1.54, 1.807) is 31.3 Å². The second-order valence-corrected chi connectivity index (χ2v) is 7.31. The number of anilines is 3. The van der Waals surface area contributed by atoms with Gasteiger partial charge in [-0.25, -0.2) is 0 Å². The van der Waals surface area contributed by atoms with E-state index >= 15 is 0 Å². The van der Waals surface area contributed by atoms with Gasteiger partial charge < -0.3 is 15.5 Å². The van der Waals surface area contributed by atoms with Gasteiger partial charge in [0.15, 0.2) is 0 Å². The molecule has 0 saturated carbocycles. The number of carbonyl (C=O) groups is 2. The van der Waals surface area contributed by atoms with E-state index in [-0.39, 0.29) is 17.5 Å². The molecule has 0 saturated heterocycles. The third kappa shape index (κ3) is 3.93. The Bertz CT molecular complexity index is 1250. The van der Waals surface area contributed by atoms with E-state index < -0.39 is 4.92 Å². The Morgan fingerprint density at radius 2 is 1.72 bits per heavy atom. The lowest BCUT2D eigenvalue weighted by Gasteiger charge is -2.17. The zero-order chi connectivity index (χ0) is 22.8. The summed E-state index contributed by atoms with van der Waals surface area (Å²) in [7, 11) is 1.69. The fraction of sp³-hybridized carbons (Fsp3) is 0.0833. The molecule has 4 rings (SSSR count). The molecule has 1 aliphatic heterocycles. The summed E-state index contributed by atoms with van der Waals surface area (Å²) in [5.74, 6) is -0.432. The van der Waals surface area contributed by atoms with Crippen LogP contribution in [-0.2, 0) is 9.59 Å². The number of amides is 2. The van der Waals surface area contributed by atoms with Crippen LogP contribution in [0, 0.1) is 10.1 Å². The second kappa shape index (κ2) is 8.35. The molecule has 0 fully saturated rings. The number of hydrogen-bond acceptors (Lipinski definition) is 5. The highest BCUT2D eigenvalue weighted by Crippen LogP contribution is 2.39. The van der Waals surface area contributed by atoms with E-state index in [0.29, 0.717) is 28.2 Å². The number of carbonyl (C=O) groups excluding carboxylic acids is 2. The summed E-state index contributed by atoms with van der Waals surface area (Å²) in [5, 5.41) is 17.4. The fourth-order valence-corrected chi connectivity index (χ4v) is 3.50. The van der Waals surface area contributed by atoms with Gasteiger partial charge in [0.05, 0.1) is 16.2 Å². The smallest absolute Gasteiger partial charge is 0.270 e. The maximum Gasteiger partial charge on any atom is 0.270 e. The van der Waals surface area contributed by atoms with Gasteiger partial charge in [-0.3, -0.25) is 19.7 Å². The summed E-state index contributed by atoms with van der Waals surface area (Å²) in [6.07, 6.45) is 0. The normalized spacial score (nSPS) is 13.8. The molecule has 1 heterocycles. The van der Waals surface area contributed by atoms with Gasteiger partial charge in [0, 0.05) is 48.7 Å². The Hall–Kier alpha value is -4.46. The molecule has 1 aliphatic rings. The molecular formula is C24H20N4O4. The van der Waals surface area contributed by atoms with Crippen LogP contribution in [0.25, 0.3) is 11.3 Å². The van der Waals surface area contributed by atoms with Crippen molar-refractivity contribution in [2.45, 2.75) is 6.92 Å². The van der Waals surface area contributed by atoms with E-state index in [1.807, 2.05) is 30.3 Å². The van der Waals surface area contributed by atoms with Gasteiger partial charge in [0.2, 0.25) is 5.91 Å². The lowest BCUT2D eigenvalue weighted by atomic mass is 9.99. The molecule has 0 bridgehead atoms. The van der Waals surface area contributed by atoms with Crippen LogP contribution in [0.3, 0.4) is 0 Å². The number of nitro benzene ring substituents is 1. The van der Waals surface area contributed by atoms with Crippen LogP contribution in [0.2, 0.25) is 0 Å². The standard InChI is InChI=1S/C24H20N4O4/c1-15(29)27(2)18-10-8-17(9-11-18)25-23(16-6-4-3-5-7-16)22-20-14-19(28(31)32)12-13-21(20)26-24(22)30/h3-14,25H,1-2H3,(H,26,30)/b23-22-. The second-order valence-electron chi connectivity index (χ2n) is 7.31. The zero-order valence-electron chi connectivity index (χ0n) is 17.5. The van der Waals surface area contributed by atoms with Crippen LogP contribution in [0.15, 0.2) is 72.8 Å². The molecule has 8 nitrogen and oxygen atoms in total. The molecule has 0 spiro atoms. The minimum atomic E-state index is -0.486. The number of rotatable bonds is 5. The van der Waals surface area contributed by atoms with E-state index in [1.165, 1.54) is 30.0 Å². The predicted molar refractivity (Wildman–Crippen MR) is 124 cm³/mol. The molecule has 0 unspecified atom stereocenters. The third-order valence-electron chi connectivity index (χ3n) is 5.27. The van der Waals surface area contributed by atoms with Crippen molar-refractivity contribution < 1.29 is 14.5 Å². The average Bonchev–Trinajstić information content (AvgIpc) is 3.12. The number of nitrogens with one attached hydrogen (secondary N) is 2. The average molecular weight is 428 g/mol. The van der Waals surface area contributed by atoms with E-state index in [2.05, 4.69) is 10.6 Å². The van der Waals surface area contributed by atoms with Gasteiger partial charge in [-0.05, 0) is 35.9 Å². The third-order valence-corrected chi connectivity index (χ3v) is 5.27. The molecule has 2 N–H and O–H groups in total. The number of nitro groups is 1. The van der Waals surface area contributed by atoms with Gasteiger partial charge in [0.1, 0.15) is 0 Å². The summed E-state index contributed by atoms with van der Waals surface area (Å²) >= 11 is 0. The van der Waals surface area contributed by atoms with Crippen LogP contribution in [0.4, 0.5) is 22.7 Å². The molecular weight excluding hydrogens is 408 g/mol. The summed E-state index contributed by atoms with van der Waals surface area (Å²) in [5.41, 5.74) is 3.91. The minimum Gasteiger partial charge on any atom is -0.354 e. The number of non-ortho nitro benzene ring substituents is 1. The molecule has 0 atom stereocenters. The maximum absolute atomic E-state index is 12.9. The van der Waals surface area contributed by atoms with Gasteiger partial charge >= 0.3 is 0 Å². The van der Waals surface area contributed by atoms with Gasteiger partial charge in [-0.1, -0.05) is 30.3 Å². The summed E-state index contributed by atoms with van der Waals surface area (Å²) in [6.45, 7) is 1.49. The molecule has 160 valence electrons. The highest BCUT2D eigenvalue weighted by atomic mass is 16.6. The zero-order valence-corrected chi connectivity index (χ0v) is 17.5. The van der Waals surface area contributed by atoms with Crippen LogP contribution in [0.1, 0.15) is 18.1 Å². The quantitative estimate of drug-likeness (QED) is 0.353. The van der Waals surface area contributed by atoms with Crippen LogP contribution in [-0.4, -0.2) is 23.8 Å². The molecule has 8 heteroatoms. The monoisotopic (exact) mass is 428 g/mol. The molecule has 2 amide bonds. The Kier molecular flexibility index (Phi) is 5.43. The van der Waals surface area contributed by atoms with Crippen molar-refractivity contribution in [1.82, 2.24) is 0 Å². The van der Waals surface area contributed by atoms with Crippen molar-refractivity contribution in [3.05, 3.63) is 94.0 Å². The molecule has 0 radical (unpaired) electrons. The lowest BCUT2D eigenvalue weighted by molar-refractivity contribution is -0.384. The first-order chi connectivity index (χ1) is 15.3. The minimum absolute atomic E-state index is 0.0846. The molecule has 32 heavy (non-hydrogen) atoms. The Morgan fingerprint density at radius 3 is 2.34 bits per heavy atom. The Balaban J connectivity index is 1.82. The predicted octanol–water partition coefficient (Wildman–Crippen LogP) is 4.51. The van der Waals surface area contributed by atoms with Crippen LogP contribution in [0.5, 0.6) is 0 Å². The Morgan fingerprint density at radius 1 is 1.03 bits per heavy atom. The van der Waals surface area contributed by atoms with E-state index in [0.717, 1.165) is 11.3 Å². The number of fused-ring (bicyclic) bond motifs is 1. The van der Waals surface area contributed by atoms with Crippen molar-refractivity contribution in [3.63, 3.8) is 0 Å². The largest absolute Gasteiger partial charge is 0.354 e. The maximum atomic E-state index is 12.9. The first-order valence-corrected chi connectivity index (χ1v) is 9.86. The Labute approximate surface area is 184 Å². The van der Waals surface area contributed by atoms with Gasteiger partial charge in [0.25, 0.3) is 11.6 Å². The van der Waals surface area contributed by atoms with Crippen molar-refractivity contribution >= 4 is 45.8 Å². The molecule has 0 aromatic heterocycles. The van der Waals surface area contributed by atoms with Gasteiger partial charge in [-0.15, -0.1) is 0 Å². The SMILES string of the molecule is CC(=O)N(C)c1ccc(N/C(=C2\C(=O)Nc3ccc([N+](=O)[O-])cc32)c2ccccc2)cc1.